The van der Waals surface area contributed by atoms with E-state index in [9.17, 15) is 19.8 Å². The highest BCUT2D eigenvalue weighted by Crippen LogP contribution is 2.42. The third-order valence-corrected chi connectivity index (χ3v) is 7.45. The Labute approximate surface area is 243 Å². The Balaban J connectivity index is 0.00000420. The highest BCUT2D eigenvalue weighted by atomic mass is 35.5. The molecule has 2 aliphatic heterocycles. The maximum absolute atomic E-state index is 12.4. The second-order valence-corrected chi connectivity index (χ2v) is 11.1. The van der Waals surface area contributed by atoms with E-state index in [2.05, 4.69) is 10.2 Å². The van der Waals surface area contributed by atoms with E-state index in [1.807, 2.05) is 18.2 Å². The number of nitrogens with zero attached hydrogens (tertiary/aromatic N) is 1. The summed E-state index contributed by atoms with van der Waals surface area (Å²) < 4.78 is 17.7. The number of aliphatic carboxylic acids is 1. The van der Waals surface area contributed by atoms with Crippen LogP contribution in [0.1, 0.15) is 42.6 Å². The van der Waals surface area contributed by atoms with E-state index in [-0.39, 0.29) is 46.7 Å². The van der Waals surface area contributed by atoms with Crippen molar-refractivity contribution >= 4 is 47.5 Å². The molecule has 0 bridgehead atoms. The Hall–Kier alpha value is -2.43. The van der Waals surface area contributed by atoms with Crippen molar-refractivity contribution in [1.29, 1.82) is 0 Å². The maximum Gasteiger partial charge on any atom is 0.347 e. The number of piperidine rings is 1. The molecule has 0 saturated carbocycles. The van der Waals surface area contributed by atoms with Crippen molar-refractivity contribution in [3.05, 3.63) is 51.5 Å². The number of ether oxygens (including phenoxy) is 3. The highest BCUT2D eigenvalue weighted by Gasteiger charge is 2.42. The Morgan fingerprint density at radius 3 is 2.51 bits per heavy atom. The van der Waals surface area contributed by atoms with Crippen LogP contribution in [0.4, 0.5) is 0 Å². The fourth-order valence-corrected chi connectivity index (χ4v) is 5.12. The standard InChI is InChI=1S/C27H32Cl2N2O7.ClH/c1-26(2,25(34)35)37-23-12-22(19(11-20(23)29)24(33)30-3)36-15-18(32)14-31-8-6-27(7-9-31)13-16-10-17(28)4-5-21(16)38-27;/h4-5,10-12,18,32H,6-9,13-15H2,1-3H3,(H,30,33)(H,34,35);1H/t18-;/m1./s1. The van der Waals surface area contributed by atoms with Crippen molar-refractivity contribution in [1.82, 2.24) is 10.2 Å². The number of amides is 1. The van der Waals surface area contributed by atoms with Crippen LogP contribution in [0.25, 0.3) is 0 Å². The molecule has 9 nitrogen and oxygen atoms in total. The molecule has 1 atom stereocenters. The van der Waals surface area contributed by atoms with E-state index in [4.69, 9.17) is 37.4 Å². The first kappa shape index (κ1) is 31.1. The van der Waals surface area contributed by atoms with Crippen LogP contribution in [0.3, 0.4) is 0 Å². The van der Waals surface area contributed by atoms with Crippen molar-refractivity contribution in [2.45, 2.75) is 50.4 Å². The Kier molecular flexibility index (Phi) is 9.88. The van der Waals surface area contributed by atoms with Crippen LogP contribution in [-0.4, -0.2) is 77.6 Å². The summed E-state index contributed by atoms with van der Waals surface area (Å²) in [6.07, 6.45) is 1.64. The van der Waals surface area contributed by atoms with Gasteiger partial charge in [-0.25, -0.2) is 4.79 Å². The van der Waals surface area contributed by atoms with E-state index in [1.165, 1.54) is 33.0 Å². The van der Waals surface area contributed by atoms with Crippen LogP contribution < -0.4 is 19.5 Å². The van der Waals surface area contributed by atoms with Gasteiger partial charge in [0.2, 0.25) is 0 Å². The number of likely N-dealkylation sites (tertiary alicyclic amines) is 1. The molecule has 1 spiro atoms. The number of β-amino-alcohol motifs (C(OH)–C–C–N with tert-alkyl or cyclic N) is 1. The minimum Gasteiger partial charge on any atom is -0.490 e. The molecule has 0 aliphatic carbocycles. The molecule has 0 radical (unpaired) electrons. The highest BCUT2D eigenvalue weighted by molar-refractivity contribution is 6.32. The molecule has 1 saturated heterocycles. The zero-order valence-corrected chi connectivity index (χ0v) is 24.3. The number of carboxylic acids is 1. The number of aliphatic hydroxyl groups is 1. The summed E-state index contributed by atoms with van der Waals surface area (Å²) in [5.74, 6) is -0.559. The van der Waals surface area contributed by atoms with E-state index in [0.717, 1.165) is 43.7 Å². The number of carbonyl (C=O) groups is 2. The van der Waals surface area contributed by atoms with Crippen LogP contribution in [0.2, 0.25) is 10.0 Å². The van der Waals surface area contributed by atoms with Crippen LogP contribution in [-0.2, 0) is 11.2 Å². The molecule has 214 valence electrons. The van der Waals surface area contributed by atoms with Crippen molar-refractivity contribution in [3.8, 4) is 17.2 Å². The number of carboxylic acid groups (broad SMARTS) is 1. The monoisotopic (exact) mass is 602 g/mol. The molecule has 2 aromatic rings. The lowest BCUT2D eigenvalue weighted by Crippen LogP contribution is -2.49. The normalized spacial score (nSPS) is 17.0. The van der Waals surface area contributed by atoms with Crippen LogP contribution in [0.5, 0.6) is 17.2 Å². The van der Waals surface area contributed by atoms with Gasteiger partial charge in [-0.3, -0.25) is 4.79 Å². The number of fused-ring (bicyclic) bond motifs is 1. The van der Waals surface area contributed by atoms with Gasteiger partial charge in [0.15, 0.2) is 5.60 Å². The lowest BCUT2D eigenvalue weighted by atomic mass is 9.87. The van der Waals surface area contributed by atoms with E-state index in [0.29, 0.717) is 11.6 Å². The van der Waals surface area contributed by atoms with Gasteiger partial charge in [-0.15, -0.1) is 12.4 Å². The first-order valence-corrected chi connectivity index (χ1v) is 13.2. The second-order valence-electron chi connectivity index (χ2n) is 10.3. The fraction of sp³-hybridized carbons (Fsp3) is 0.481. The summed E-state index contributed by atoms with van der Waals surface area (Å²) in [4.78, 5) is 26.0. The summed E-state index contributed by atoms with van der Waals surface area (Å²) in [5.41, 5.74) is -0.527. The lowest BCUT2D eigenvalue weighted by molar-refractivity contribution is -0.152. The molecule has 2 aromatic carbocycles. The minimum atomic E-state index is -1.56. The molecule has 1 fully saturated rings. The van der Waals surface area contributed by atoms with Gasteiger partial charge in [0.1, 0.15) is 35.6 Å². The van der Waals surface area contributed by atoms with E-state index >= 15 is 0 Å². The molecule has 39 heavy (non-hydrogen) atoms. The van der Waals surface area contributed by atoms with Gasteiger partial charge in [0, 0.05) is 57.0 Å². The summed E-state index contributed by atoms with van der Waals surface area (Å²) in [5, 5.41) is 23.4. The lowest BCUT2D eigenvalue weighted by Gasteiger charge is -2.39. The fourth-order valence-electron chi connectivity index (χ4n) is 4.72. The molecule has 4 rings (SSSR count). The molecule has 1 amide bonds. The number of rotatable bonds is 9. The number of hydrogen-bond acceptors (Lipinski definition) is 7. The van der Waals surface area contributed by atoms with Gasteiger partial charge in [0.05, 0.1) is 10.6 Å². The molecule has 12 heteroatoms. The van der Waals surface area contributed by atoms with Gasteiger partial charge in [-0.2, -0.15) is 0 Å². The van der Waals surface area contributed by atoms with Gasteiger partial charge >= 0.3 is 5.97 Å². The Morgan fingerprint density at radius 2 is 1.87 bits per heavy atom. The van der Waals surface area contributed by atoms with Crippen molar-refractivity contribution in [2.75, 3.05) is 33.3 Å². The molecule has 2 heterocycles. The molecular weight excluding hydrogens is 571 g/mol. The van der Waals surface area contributed by atoms with Crippen molar-refractivity contribution in [3.63, 3.8) is 0 Å². The summed E-state index contributed by atoms with van der Waals surface area (Å²) in [6, 6.07) is 8.44. The number of halogens is 3. The molecular formula is C27H33Cl3N2O7. The van der Waals surface area contributed by atoms with Crippen molar-refractivity contribution < 1.29 is 34.0 Å². The zero-order valence-electron chi connectivity index (χ0n) is 22.0. The summed E-state index contributed by atoms with van der Waals surface area (Å²) in [6.45, 7) is 4.57. The van der Waals surface area contributed by atoms with E-state index in [1.54, 1.807) is 0 Å². The average molecular weight is 604 g/mol. The number of hydrogen-bond donors (Lipinski definition) is 3. The number of carbonyl (C=O) groups excluding carboxylic acids is 1. The number of benzene rings is 2. The molecule has 0 unspecified atom stereocenters. The number of nitrogens with one attached hydrogen (secondary N) is 1. The van der Waals surface area contributed by atoms with Crippen LogP contribution in [0, 0.1) is 0 Å². The third-order valence-electron chi connectivity index (χ3n) is 6.92. The molecule has 3 N–H and O–H groups in total. The van der Waals surface area contributed by atoms with Crippen LogP contribution >= 0.6 is 35.6 Å². The van der Waals surface area contributed by atoms with Gasteiger partial charge < -0.3 is 34.6 Å². The smallest absolute Gasteiger partial charge is 0.347 e. The first-order valence-electron chi connectivity index (χ1n) is 12.4. The average Bonchev–Trinajstić information content (AvgIpc) is 3.21. The quantitative estimate of drug-likeness (QED) is 0.390. The SMILES string of the molecule is CNC(=O)c1cc(Cl)c(OC(C)(C)C(=O)O)cc1OC[C@H](O)CN1CCC2(CC1)Cc1cc(Cl)ccc1O2.Cl. The molecule has 0 aromatic heterocycles. The van der Waals surface area contributed by atoms with E-state index < -0.39 is 23.6 Å². The van der Waals surface area contributed by atoms with Gasteiger partial charge in [0.25, 0.3) is 5.91 Å². The first-order chi connectivity index (χ1) is 17.9. The topological polar surface area (TPSA) is 118 Å². The summed E-state index contributed by atoms with van der Waals surface area (Å²) in [7, 11) is 1.47. The third kappa shape index (κ3) is 7.21. The van der Waals surface area contributed by atoms with Crippen LogP contribution in [0.15, 0.2) is 30.3 Å². The summed E-state index contributed by atoms with van der Waals surface area (Å²) >= 11 is 12.4. The predicted molar refractivity (Wildman–Crippen MR) is 150 cm³/mol. The van der Waals surface area contributed by atoms with Crippen molar-refractivity contribution in [2.24, 2.45) is 0 Å². The second kappa shape index (κ2) is 12.4. The Bertz CT molecular complexity index is 1220. The Morgan fingerprint density at radius 1 is 1.18 bits per heavy atom. The zero-order chi connectivity index (χ0) is 27.7. The van der Waals surface area contributed by atoms with Gasteiger partial charge in [-0.05, 0) is 43.7 Å². The maximum atomic E-state index is 12.4. The number of aliphatic hydroxyl groups excluding tert-OH is 1. The predicted octanol–water partition coefficient (Wildman–Crippen LogP) is 4.23. The largest absolute Gasteiger partial charge is 0.490 e. The molecule has 2 aliphatic rings. The van der Waals surface area contributed by atoms with Gasteiger partial charge in [-0.1, -0.05) is 23.2 Å². The minimum absolute atomic E-state index is 0.